The molecule has 6 rings (SSSR count). The van der Waals surface area contributed by atoms with Crippen LogP contribution in [0.1, 0.15) is 64.2 Å². The Morgan fingerprint density at radius 3 is 2.33 bits per heavy atom. The molecule has 3 N–H and O–H groups in total. The smallest absolute Gasteiger partial charge is 0.315 e. The monoisotopic (exact) mass is 374 g/mol. The summed E-state index contributed by atoms with van der Waals surface area (Å²) in [5, 5.41) is 9.90. The molecule has 0 spiro atoms. The van der Waals surface area contributed by atoms with Gasteiger partial charge in [0.15, 0.2) is 0 Å². The standard InChI is InChI=1S/C21H34N4O2/c26-19(25-6-4-17-1-2-18(13-25)23-17)3-5-22-20(27)24-21-10-14-7-15(11-21)9-16(8-14)12-21/h14-18,23H,1-13H2,(H2,22,24,27). The molecule has 2 heterocycles. The van der Waals surface area contributed by atoms with Gasteiger partial charge >= 0.3 is 6.03 Å². The molecule has 6 fully saturated rings. The summed E-state index contributed by atoms with van der Waals surface area (Å²) in [7, 11) is 0. The molecule has 6 aliphatic rings. The van der Waals surface area contributed by atoms with E-state index in [1.807, 2.05) is 4.90 Å². The maximum atomic E-state index is 12.5. The van der Waals surface area contributed by atoms with E-state index in [-0.39, 0.29) is 17.5 Å². The lowest BCUT2D eigenvalue weighted by molar-refractivity contribution is -0.131. The Balaban J connectivity index is 1.07. The molecule has 27 heavy (non-hydrogen) atoms. The van der Waals surface area contributed by atoms with Gasteiger partial charge < -0.3 is 20.9 Å². The molecule has 0 radical (unpaired) electrons. The predicted octanol–water partition coefficient (Wildman–Crippen LogP) is 2.00. The third-order valence-corrected chi connectivity index (χ3v) is 7.92. The first-order valence-electron chi connectivity index (χ1n) is 11.2. The van der Waals surface area contributed by atoms with Crippen molar-refractivity contribution in [2.75, 3.05) is 19.6 Å². The molecule has 6 heteroatoms. The van der Waals surface area contributed by atoms with Gasteiger partial charge in [0.25, 0.3) is 0 Å². The first-order chi connectivity index (χ1) is 13.1. The molecular formula is C21H34N4O2. The molecule has 6 nitrogen and oxygen atoms in total. The van der Waals surface area contributed by atoms with Crippen LogP contribution >= 0.6 is 0 Å². The lowest BCUT2D eigenvalue weighted by Crippen LogP contribution is -2.61. The van der Waals surface area contributed by atoms with Crippen LogP contribution in [0.2, 0.25) is 0 Å². The third-order valence-electron chi connectivity index (χ3n) is 7.92. The topological polar surface area (TPSA) is 73.5 Å². The molecule has 3 amide bonds. The second-order valence-corrected chi connectivity index (χ2v) is 10.1. The number of nitrogens with zero attached hydrogens (tertiary/aromatic N) is 1. The fraction of sp³-hybridized carbons (Fsp3) is 0.905. The lowest BCUT2D eigenvalue weighted by Gasteiger charge is -2.56. The summed E-state index contributed by atoms with van der Waals surface area (Å²) in [5.74, 6) is 2.65. The van der Waals surface area contributed by atoms with E-state index in [1.54, 1.807) is 0 Å². The molecule has 4 aliphatic carbocycles. The number of rotatable bonds is 4. The van der Waals surface area contributed by atoms with Gasteiger partial charge in [0.05, 0.1) is 0 Å². The van der Waals surface area contributed by atoms with Crippen LogP contribution < -0.4 is 16.0 Å². The molecule has 0 aromatic heterocycles. The molecule has 2 atom stereocenters. The average molecular weight is 375 g/mol. The van der Waals surface area contributed by atoms with Gasteiger partial charge in [-0.3, -0.25) is 4.79 Å². The van der Waals surface area contributed by atoms with E-state index >= 15 is 0 Å². The van der Waals surface area contributed by atoms with Crippen LogP contribution in [0.15, 0.2) is 0 Å². The van der Waals surface area contributed by atoms with Crippen LogP contribution in [0.25, 0.3) is 0 Å². The van der Waals surface area contributed by atoms with Gasteiger partial charge in [-0.25, -0.2) is 4.79 Å². The molecule has 2 saturated heterocycles. The summed E-state index contributed by atoms with van der Waals surface area (Å²) < 4.78 is 0. The van der Waals surface area contributed by atoms with Crippen molar-refractivity contribution in [1.82, 2.24) is 20.9 Å². The number of hydrogen-bond acceptors (Lipinski definition) is 3. The lowest BCUT2D eigenvalue weighted by atomic mass is 9.53. The van der Waals surface area contributed by atoms with Crippen molar-refractivity contribution in [2.45, 2.75) is 81.8 Å². The van der Waals surface area contributed by atoms with Crippen molar-refractivity contribution in [3.05, 3.63) is 0 Å². The number of urea groups is 1. The maximum absolute atomic E-state index is 12.5. The van der Waals surface area contributed by atoms with Gasteiger partial charge in [-0.1, -0.05) is 0 Å². The summed E-state index contributed by atoms with van der Waals surface area (Å²) in [4.78, 5) is 27.0. The minimum Gasteiger partial charge on any atom is -0.341 e. The second-order valence-electron chi connectivity index (χ2n) is 10.1. The SMILES string of the molecule is O=C(NCCC(=O)N1CCC2CCC(C1)N2)NC12CC3CC(CC(C3)C1)C2. The number of carbonyl (C=O) groups excluding carboxylic acids is 2. The summed E-state index contributed by atoms with van der Waals surface area (Å²) in [5.41, 5.74) is 0.0402. The largest absolute Gasteiger partial charge is 0.341 e. The fourth-order valence-electron chi connectivity index (χ4n) is 7.16. The fourth-order valence-corrected chi connectivity index (χ4v) is 7.16. The summed E-state index contributed by atoms with van der Waals surface area (Å²) in [6, 6.07) is 0.993. The van der Waals surface area contributed by atoms with Gasteiger partial charge in [-0.15, -0.1) is 0 Å². The number of carbonyl (C=O) groups is 2. The Hall–Kier alpha value is -1.30. The van der Waals surface area contributed by atoms with Crippen molar-refractivity contribution in [3.63, 3.8) is 0 Å². The molecule has 0 aromatic rings. The van der Waals surface area contributed by atoms with Gasteiger partial charge in [0.1, 0.15) is 0 Å². The summed E-state index contributed by atoms with van der Waals surface area (Å²) in [6.45, 7) is 2.12. The van der Waals surface area contributed by atoms with Crippen LogP contribution in [0.5, 0.6) is 0 Å². The molecule has 0 aromatic carbocycles. The Morgan fingerprint density at radius 1 is 0.963 bits per heavy atom. The molecular weight excluding hydrogens is 340 g/mol. The van der Waals surface area contributed by atoms with E-state index in [0.29, 0.717) is 25.0 Å². The Kier molecular flexibility index (Phi) is 4.57. The maximum Gasteiger partial charge on any atom is 0.315 e. The zero-order chi connectivity index (χ0) is 18.4. The quantitative estimate of drug-likeness (QED) is 0.705. The molecule has 2 unspecified atom stereocenters. The van der Waals surface area contributed by atoms with Crippen molar-refractivity contribution >= 4 is 11.9 Å². The van der Waals surface area contributed by atoms with E-state index in [2.05, 4.69) is 16.0 Å². The first kappa shape index (κ1) is 17.8. The highest BCUT2D eigenvalue weighted by Gasteiger charge is 2.51. The average Bonchev–Trinajstić information content (AvgIpc) is 2.91. The second kappa shape index (κ2) is 6.94. The van der Waals surface area contributed by atoms with Gasteiger partial charge in [0, 0.05) is 43.7 Å². The van der Waals surface area contributed by atoms with Crippen LogP contribution in [0.3, 0.4) is 0 Å². The third kappa shape index (κ3) is 3.69. The van der Waals surface area contributed by atoms with Crippen molar-refractivity contribution in [3.8, 4) is 0 Å². The highest BCUT2D eigenvalue weighted by Crippen LogP contribution is 2.55. The van der Waals surface area contributed by atoms with E-state index < -0.39 is 0 Å². The summed E-state index contributed by atoms with van der Waals surface area (Å²) in [6.07, 6.45) is 11.5. The van der Waals surface area contributed by atoms with Crippen molar-refractivity contribution in [2.24, 2.45) is 17.8 Å². The molecule has 150 valence electrons. The number of hydrogen-bond donors (Lipinski definition) is 3. The minimum atomic E-state index is -0.0682. The normalized spacial score (nSPS) is 42.1. The van der Waals surface area contributed by atoms with Gasteiger partial charge in [-0.05, 0) is 75.5 Å². The number of amides is 3. The number of fused-ring (bicyclic) bond motifs is 2. The first-order valence-corrected chi connectivity index (χ1v) is 11.2. The van der Waals surface area contributed by atoms with E-state index in [0.717, 1.165) is 56.5 Å². The van der Waals surface area contributed by atoms with Crippen molar-refractivity contribution in [1.29, 1.82) is 0 Å². The molecule has 4 saturated carbocycles. The minimum absolute atomic E-state index is 0.0402. The van der Waals surface area contributed by atoms with Crippen LogP contribution in [-0.4, -0.2) is 54.1 Å². The van der Waals surface area contributed by atoms with E-state index in [9.17, 15) is 9.59 Å². The Morgan fingerprint density at radius 2 is 1.63 bits per heavy atom. The highest BCUT2D eigenvalue weighted by molar-refractivity contribution is 5.78. The van der Waals surface area contributed by atoms with E-state index in [1.165, 1.54) is 32.1 Å². The molecule has 6 bridgehead atoms. The van der Waals surface area contributed by atoms with Crippen molar-refractivity contribution < 1.29 is 9.59 Å². The number of likely N-dealkylation sites (tertiary alicyclic amines) is 1. The predicted molar refractivity (Wildman–Crippen MR) is 103 cm³/mol. The van der Waals surface area contributed by atoms with Crippen LogP contribution in [0.4, 0.5) is 4.79 Å². The molecule has 2 aliphatic heterocycles. The number of nitrogens with one attached hydrogen (secondary N) is 3. The van der Waals surface area contributed by atoms with E-state index in [4.69, 9.17) is 0 Å². The Bertz CT molecular complexity index is 572. The summed E-state index contributed by atoms with van der Waals surface area (Å²) >= 11 is 0. The highest BCUT2D eigenvalue weighted by atomic mass is 16.2. The Labute approximate surface area is 162 Å². The van der Waals surface area contributed by atoms with Crippen LogP contribution in [-0.2, 0) is 4.79 Å². The zero-order valence-electron chi connectivity index (χ0n) is 16.3. The van der Waals surface area contributed by atoms with Crippen LogP contribution in [0, 0.1) is 17.8 Å². The van der Waals surface area contributed by atoms with Gasteiger partial charge in [-0.2, -0.15) is 0 Å². The zero-order valence-corrected chi connectivity index (χ0v) is 16.3. The van der Waals surface area contributed by atoms with Gasteiger partial charge in [0.2, 0.25) is 5.91 Å².